The van der Waals surface area contributed by atoms with Crippen molar-refractivity contribution < 1.29 is 9.18 Å². The van der Waals surface area contributed by atoms with E-state index in [1.54, 1.807) is 24.3 Å². The van der Waals surface area contributed by atoms with Crippen molar-refractivity contribution in [2.75, 3.05) is 0 Å². The number of aryl methyl sites for hydroxylation is 1. The van der Waals surface area contributed by atoms with E-state index in [0.717, 1.165) is 42.4 Å². The molecule has 3 aromatic carbocycles. The topological polar surface area (TPSA) is 43.1 Å². The largest absolute Gasteiger partial charge is 0.366 e. The zero-order valence-corrected chi connectivity index (χ0v) is 16.2. The SMILES string of the molecule is NC(=O)c1cccc(-c2ccc(CC[C@@H]3Cc4ccc(F)cc4C3)cc2)c1Cl. The minimum Gasteiger partial charge on any atom is -0.366 e. The molecule has 1 atom stereocenters. The Morgan fingerprint density at radius 1 is 1.04 bits per heavy atom. The summed E-state index contributed by atoms with van der Waals surface area (Å²) in [6, 6.07) is 18.7. The van der Waals surface area contributed by atoms with Crippen LogP contribution in [0.1, 0.15) is 33.5 Å². The zero-order chi connectivity index (χ0) is 19.7. The lowest BCUT2D eigenvalue weighted by molar-refractivity contribution is 0.100. The summed E-state index contributed by atoms with van der Waals surface area (Å²) in [5, 5.41) is 0.388. The second kappa shape index (κ2) is 7.76. The molecule has 0 spiro atoms. The predicted octanol–water partition coefficient (Wildman–Crippen LogP) is 5.59. The van der Waals surface area contributed by atoms with E-state index in [9.17, 15) is 9.18 Å². The van der Waals surface area contributed by atoms with Gasteiger partial charge in [-0.2, -0.15) is 0 Å². The maximum Gasteiger partial charge on any atom is 0.250 e. The van der Waals surface area contributed by atoms with E-state index in [1.165, 1.54) is 11.1 Å². The molecule has 0 radical (unpaired) electrons. The van der Waals surface area contributed by atoms with E-state index in [1.807, 2.05) is 24.3 Å². The molecule has 3 aromatic rings. The number of amides is 1. The first-order chi connectivity index (χ1) is 13.5. The Morgan fingerprint density at radius 3 is 2.54 bits per heavy atom. The lowest BCUT2D eigenvalue weighted by atomic mass is 9.95. The molecule has 2 N–H and O–H groups in total. The number of hydrogen-bond donors (Lipinski definition) is 1. The van der Waals surface area contributed by atoms with E-state index < -0.39 is 5.91 Å². The van der Waals surface area contributed by atoms with Crippen molar-refractivity contribution in [3.8, 4) is 11.1 Å². The molecule has 28 heavy (non-hydrogen) atoms. The van der Waals surface area contributed by atoms with Crippen LogP contribution < -0.4 is 5.73 Å². The van der Waals surface area contributed by atoms with Gasteiger partial charge < -0.3 is 5.73 Å². The molecule has 1 amide bonds. The molecule has 0 fully saturated rings. The lowest BCUT2D eigenvalue weighted by Crippen LogP contribution is -2.11. The Kier molecular flexibility index (Phi) is 5.19. The van der Waals surface area contributed by atoms with Gasteiger partial charge in [0.2, 0.25) is 5.91 Å². The number of fused-ring (bicyclic) bond motifs is 1. The van der Waals surface area contributed by atoms with Gasteiger partial charge in [-0.15, -0.1) is 0 Å². The normalized spacial score (nSPS) is 15.4. The molecular weight excluding hydrogens is 373 g/mol. The predicted molar refractivity (Wildman–Crippen MR) is 111 cm³/mol. The molecule has 0 bridgehead atoms. The number of hydrogen-bond acceptors (Lipinski definition) is 1. The molecule has 142 valence electrons. The van der Waals surface area contributed by atoms with E-state index in [0.29, 0.717) is 16.5 Å². The van der Waals surface area contributed by atoms with Crippen LogP contribution >= 0.6 is 11.6 Å². The van der Waals surface area contributed by atoms with Crippen molar-refractivity contribution >= 4 is 17.5 Å². The maximum atomic E-state index is 13.4. The fourth-order valence-electron chi connectivity index (χ4n) is 4.05. The molecule has 0 aromatic heterocycles. The molecule has 0 saturated carbocycles. The van der Waals surface area contributed by atoms with Crippen LogP contribution in [0.3, 0.4) is 0 Å². The number of halogens is 2. The molecule has 4 rings (SSSR count). The summed E-state index contributed by atoms with van der Waals surface area (Å²) < 4.78 is 13.4. The summed E-state index contributed by atoms with van der Waals surface area (Å²) in [6.45, 7) is 0. The first-order valence-electron chi connectivity index (χ1n) is 9.46. The minimum absolute atomic E-state index is 0.144. The van der Waals surface area contributed by atoms with Gasteiger partial charge in [0.15, 0.2) is 0 Å². The number of rotatable bonds is 5. The van der Waals surface area contributed by atoms with E-state index in [4.69, 9.17) is 17.3 Å². The highest BCUT2D eigenvalue weighted by molar-refractivity contribution is 6.36. The first kappa shape index (κ1) is 18.7. The highest BCUT2D eigenvalue weighted by atomic mass is 35.5. The van der Waals surface area contributed by atoms with Crippen LogP contribution in [0, 0.1) is 11.7 Å². The minimum atomic E-state index is -0.527. The Balaban J connectivity index is 1.42. The number of benzene rings is 3. The van der Waals surface area contributed by atoms with Crippen LogP contribution in [0.5, 0.6) is 0 Å². The highest BCUT2D eigenvalue weighted by Gasteiger charge is 2.21. The average molecular weight is 394 g/mol. The molecule has 1 aliphatic carbocycles. The standard InChI is InChI=1S/C24H21ClFNO/c25-23-21(2-1-3-22(23)24(27)28)17-8-6-15(7-9-17)4-5-16-12-18-10-11-20(26)14-19(18)13-16/h1-3,6-11,14,16H,4-5,12-13H2,(H2,27,28)/t16-/m1/s1. The van der Waals surface area contributed by atoms with Crippen molar-refractivity contribution in [1.29, 1.82) is 0 Å². The average Bonchev–Trinajstić information content (AvgIpc) is 3.09. The summed E-state index contributed by atoms with van der Waals surface area (Å²) in [5.74, 6) is -0.104. The summed E-state index contributed by atoms with van der Waals surface area (Å²) in [5.41, 5.74) is 11.2. The molecule has 1 aliphatic rings. The monoisotopic (exact) mass is 393 g/mol. The van der Waals surface area contributed by atoms with Gasteiger partial charge in [0, 0.05) is 5.56 Å². The fraction of sp³-hybridized carbons (Fsp3) is 0.208. The van der Waals surface area contributed by atoms with E-state index in [2.05, 4.69) is 12.1 Å². The highest BCUT2D eigenvalue weighted by Crippen LogP contribution is 2.32. The fourth-order valence-corrected chi connectivity index (χ4v) is 4.38. The second-order valence-electron chi connectivity index (χ2n) is 7.45. The van der Waals surface area contributed by atoms with Gasteiger partial charge >= 0.3 is 0 Å². The van der Waals surface area contributed by atoms with Crippen molar-refractivity contribution in [3.05, 3.63) is 93.8 Å². The molecule has 4 heteroatoms. The molecule has 0 aliphatic heterocycles. The number of primary amides is 1. The molecule has 0 unspecified atom stereocenters. The summed E-state index contributed by atoms with van der Waals surface area (Å²) in [7, 11) is 0. The van der Waals surface area contributed by atoms with Gasteiger partial charge in [-0.1, -0.05) is 54.1 Å². The Bertz CT molecular complexity index is 1030. The molecule has 2 nitrogen and oxygen atoms in total. The first-order valence-corrected chi connectivity index (χ1v) is 9.84. The van der Waals surface area contributed by atoms with Crippen LogP contribution in [0.4, 0.5) is 4.39 Å². The van der Waals surface area contributed by atoms with Crippen molar-refractivity contribution in [3.63, 3.8) is 0 Å². The lowest BCUT2D eigenvalue weighted by Gasteiger charge is -2.11. The second-order valence-corrected chi connectivity index (χ2v) is 7.83. The van der Waals surface area contributed by atoms with Gasteiger partial charge in [-0.05, 0) is 72.1 Å². The summed E-state index contributed by atoms with van der Waals surface area (Å²) in [4.78, 5) is 11.5. The van der Waals surface area contributed by atoms with Gasteiger partial charge in [0.25, 0.3) is 0 Å². The third kappa shape index (κ3) is 3.81. The van der Waals surface area contributed by atoms with Crippen molar-refractivity contribution in [2.45, 2.75) is 25.7 Å². The van der Waals surface area contributed by atoms with Crippen LogP contribution in [0.15, 0.2) is 60.7 Å². The Morgan fingerprint density at radius 2 is 1.79 bits per heavy atom. The summed E-state index contributed by atoms with van der Waals surface area (Å²) >= 11 is 6.35. The van der Waals surface area contributed by atoms with Crippen molar-refractivity contribution in [1.82, 2.24) is 0 Å². The van der Waals surface area contributed by atoms with E-state index >= 15 is 0 Å². The van der Waals surface area contributed by atoms with E-state index in [-0.39, 0.29) is 5.82 Å². The quantitative estimate of drug-likeness (QED) is 0.603. The number of nitrogens with two attached hydrogens (primary N) is 1. The van der Waals surface area contributed by atoms with Crippen LogP contribution in [-0.2, 0) is 19.3 Å². The number of carbonyl (C=O) groups is 1. The third-order valence-electron chi connectivity index (χ3n) is 5.56. The van der Waals surface area contributed by atoms with Crippen molar-refractivity contribution in [2.24, 2.45) is 11.7 Å². The molecule has 0 saturated heterocycles. The van der Waals surface area contributed by atoms with Gasteiger partial charge in [-0.25, -0.2) is 4.39 Å². The van der Waals surface area contributed by atoms with Crippen LogP contribution in [0.25, 0.3) is 11.1 Å². The Hall–Kier alpha value is -2.65. The molecule has 0 heterocycles. The van der Waals surface area contributed by atoms with Gasteiger partial charge in [0.1, 0.15) is 5.82 Å². The third-order valence-corrected chi connectivity index (χ3v) is 5.96. The Labute approximate surface area is 169 Å². The molecular formula is C24H21ClFNO. The zero-order valence-electron chi connectivity index (χ0n) is 15.4. The summed E-state index contributed by atoms with van der Waals surface area (Å²) in [6.07, 6.45) is 4.05. The van der Waals surface area contributed by atoms with Gasteiger partial charge in [-0.3, -0.25) is 4.79 Å². The number of carbonyl (C=O) groups excluding carboxylic acids is 1. The van der Waals surface area contributed by atoms with Crippen LogP contribution in [-0.4, -0.2) is 5.91 Å². The maximum absolute atomic E-state index is 13.4. The van der Waals surface area contributed by atoms with Gasteiger partial charge in [0.05, 0.1) is 10.6 Å². The van der Waals surface area contributed by atoms with Crippen LogP contribution in [0.2, 0.25) is 5.02 Å². The smallest absolute Gasteiger partial charge is 0.250 e.